The molecule has 0 radical (unpaired) electrons. The molecule has 0 fully saturated rings. The Hall–Kier alpha value is -1.58. The van der Waals surface area contributed by atoms with Gasteiger partial charge in [-0.15, -0.1) is 6.58 Å². The molecule has 0 saturated carbocycles. The van der Waals surface area contributed by atoms with Crippen molar-refractivity contribution < 1.29 is 0 Å². The van der Waals surface area contributed by atoms with Gasteiger partial charge in [-0.1, -0.05) is 19.9 Å². The smallest absolute Gasteiger partial charge is 0.0961 e. The van der Waals surface area contributed by atoms with Crippen molar-refractivity contribution in [2.75, 3.05) is 0 Å². The van der Waals surface area contributed by atoms with E-state index in [4.69, 9.17) is 16.9 Å². The Kier molecular flexibility index (Phi) is 6.15. The van der Waals surface area contributed by atoms with Gasteiger partial charge in [0.25, 0.3) is 0 Å². The lowest BCUT2D eigenvalue weighted by Gasteiger charge is -2.17. The van der Waals surface area contributed by atoms with Crippen molar-refractivity contribution in [3.63, 3.8) is 0 Å². The molecule has 0 aromatic carbocycles. The van der Waals surface area contributed by atoms with Crippen LogP contribution in [-0.4, -0.2) is 12.1 Å². The normalized spacial score (nSPS) is 17.3. The van der Waals surface area contributed by atoms with Crippen LogP contribution in [0.1, 0.15) is 27.2 Å². The van der Waals surface area contributed by atoms with Crippen molar-refractivity contribution in [2.45, 2.75) is 27.2 Å². The summed E-state index contributed by atoms with van der Waals surface area (Å²) in [7, 11) is 0. The van der Waals surface area contributed by atoms with Crippen molar-refractivity contribution >= 4 is 12.1 Å². The molecule has 0 bridgehead atoms. The molecule has 2 atom stereocenters. The molecule has 0 aromatic heterocycles. The third kappa shape index (κ3) is 4.77. The van der Waals surface area contributed by atoms with Crippen LogP contribution in [-0.2, 0) is 0 Å². The maximum Gasteiger partial charge on any atom is 0.0961 e. The number of nitrogens with one attached hydrogen (secondary N) is 1. The van der Waals surface area contributed by atoms with Crippen LogP contribution < -0.4 is 11.5 Å². The summed E-state index contributed by atoms with van der Waals surface area (Å²) in [6.45, 7) is 9.66. The number of rotatable bonds is 6. The summed E-state index contributed by atoms with van der Waals surface area (Å²) in [5.74, 6) is 1.20. The van der Waals surface area contributed by atoms with Crippen LogP contribution in [0.25, 0.3) is 0 Å². The molecule has 0 aliphatic rings. The predicted molar refractivity (Wildman–Crippen MR) is 70.4 cm³/mol. The Morgan fingerprint density at radius 2 is 2.00 bits per heavy atom. The van der Waals surface area contributed by atoms with E-state index in [2.05, 4.69) is 25.4 Å². The molecule has 16 heavy (non-hydrogen) atoms. The van der Waals surface area contributed by atoms with Crippen molar-refractivity contribution in [1.82, 2.24) is 0 Å². The second-order valence-corrected chi connectivity index (χ2v) is 4.08. The van der Waals surface area contributed by atoms with Crippen LogP contribution in [0.3, 0.4) is 0 Å². The molecule has 2 unspecified atom stereocenters. The fraction of sp³-hybridized carbons (Fsp3) is 0.500. The molecular formula is C12H22N4. The number of nitrogens with zero attached hydrogens (tertiary/aromatic N) is 1. The number of hydrogen-bond acceptors (Lipinski definition) is 3. The third-order valence-corrected chi connectivity index (χ3v) is 2.58. The van der Waals surface area contributed by atoms with Gasteiger partial charge in [0.2, 0.25) is 0 Å². The highest BCUT2D eigenvalue weighted by atomic mass is 14.9. The number of aliphatic imine (C=N–C) groups is 1. The Morgan fingerprint density at radius 1 is 1.44 bits per heavy atom. The quantitative estimate of drug-likeness (QED) is 0.365. The van der Waals surface area contributed by atoms with E-state index in [1.54, 1.807) is 6.92 Å². The average Bonchev–Trinajstić information content (AvgIpc) is 2.25. The summed E-state index contributed by atoms with van der Waals surface area (Å²) in [5, 5.41) is 7.14. The first-order valence-corrected chi connectivity index (χ1v) is 5.34. The van der Waals surface area contributed by atoms with E-state index in [1.807, 2.05) is 6.08 Å². The lowest BCUT2D eigenvalue weighted by Crippen LogP contribution is -2.13. The fourth-order valence-corrected chi connectivity index (χ4v) is 1.25. The minimum atomic E-state index is 0.368. The van der Waals surface area contributed by atoms with E-state index >= 15 is 0 Å². The minimum absolute atomic E-state index is 0.368. The number of hydrogen-bond donors (Lipinski definition) is 3. The monoisotopic (exact) mass is 222 g/mol. The fourth-order valence-electron chi connectivity index (χ4n) is 1.25. The lowest BCUT2D eigenvalue weighted by atomic mass is 9.91. The SMILES string of the molecule is C=CC(C)C(C)C/C(N=C(C)N)=C(\N)C=N. The summed E-state index contributed by atoms with van der Waals surface area (Å²) in [6.07, 6.45) is 3.71. The maximum atomic E-state index is 7.14. The molecule has 0 heterocycles. The van der Waals surface area contributed by atoms with Gasteiger partial charge in [-0.05, 0) is 25.2 Å². The highest BCUT2D eigenvalue weighted by Crippen LogP contribution is 2.22. The van der Waals surface area contributed by atoms with Gasteiger partial charge in [0.05, 0.1) is 17.2 Å². The molecule has 0 aromatic rings. The van der Waals surface area contributed by atoms with Crippen LogP contribution in [0.15, 0.2) is 29.0 Å². The van der Waals surface area contributed by atoms with Crippen LogP contribution in [0.2, 0.25) is 0 Å². The van der Waals surface area contributed by atoms with Gasteiger partial charge < -0.3 is 16.9 Å². The van der Waals surface area contributed by atoms with Gasteiger partial charge in [-0.2, -0.15) is 0 Å². The van der Waals surface area contributed by atoms with Crippen molar-refractivity contribution in [1.29, 1.82) is 5.41 Å². The molecule has 0 aliphatic heterocycles. The van der Waals surface area contributed by atoms with Crippen LogP contribution in [0, 0.1) is 17.2 Å². The van der Waals surface area contributed by atoms with Gasteiger partial charge >= 0.3 is 0 Å². The molecular weight excluding hydrogens is 200 g/mol. The first-order valence-electron chi connectivity index (χ1n) is 5.34. The zero-order valence-corrected chi connectivity index (χ0v) is 10.3. The molecule has 0 aliphatic carbocycles. The third-order valence-electron chi connectivity index (χ3n) is 2.58. The summed E-state index contributed by atoms with van der Waals surface area (Å²) in [5.41, 5.74) is 12.3. The molecule has 90 valence electrons. The van der Waals surface area contributed by atoms with E-state index in [-0.39, 0.29) is 0 Å². The van der Waals surface area contributed by atoms with E-state index in [9.17, 15) is 0 Å². The first-order chi connectivity index (χ1) is 7.42. The Bertz CT molecular complexity index is 311. The minimum Gasteiger partial charge on any atom is -0.396 e. The molecule has 4 heteroatoms. The second kappa shape index (κ2) is 6.82. The van der Waals surface area contributed by atoms with Gasteiger partial charge in [-0.3, -0.25) is 0 Å². The summed E-state index contributed by atoms with van der Waals surface area (Å²) < 4.78 is 0. The van der Waals surface area contributed by atoms with E-state index in [0.717, 1.165) is 6.21 Å². The largest absolute Gasteiger partial charge is 0.396 e. The summed E-state index contributed by atoms with van der Waals surface area (Å²) >= 11 is 0. The molecule has 5 N–H and O–H groups in total. The summed E-state index contributed by atoms with van der Waals surface area (Å²) in [6, 6.07) is 0. The highest BCUT2D eigenvalue weighted by molar-refractivity contribution is 5.81. The van der Waals surface area contributed by atoms with Crippen molar-refractivity contribution in [2.24, 2.45) is 28.3 Å². The number of nitrogens with two attached hydrogens (primary N) is 2. The van der Waals surface area contributed by atoms with Crippen molar-refractivity contribution in [3.8, 4) is 0 Å². The topological polar surface area (TPSA) is 88.2 Å². The molecule has 0 amide bonds. The molecule has 0 rings (SSSR count). The first kappa shape index (κ1) is 14.4. The molecule has 4 nitrogen and oxygen atoms in total. The average molecular weight is 222 g/mol. The lowest BCUT2D eigenvalue weighted by molar-refractivity contribution is 0.454. The summed E-state index contributed by atoms with van der Waals surface area (Å²) in [4.78, 5) is 4.17. The Morgan fingerprint density at radius 3 is 2.38 bits per heavy atom. The predicted octanol–water partition coefficient (Wildman–Crippen LogP) is 2.03. The standard InChI is InChI=1S/C12H22N4/c1-5-8(2)9(3)6-12(11(15)7-13)16-10(4)14/h5,7-9,13H,1,6,15H2,2-4H3,(H2,14,16)/b12-11+,13-7?. The Labute approximate surface area is 97.6 Å². The number of amidine groups is 1. The van der Waals surface area contributed by atoms with Crippen LogP contribution in [0.4, 0.5) is 0 Å². The molecule has 0 saturated heterocycles. The maximum absolute atomic E-state index is 7.14. The highest BCUT2D eigenvalue weighted by Gasteiger charge is 2.12. The van der Waals surface area contributed by atoms with Crippen LogP contribution >= 0.6 is 0 Å². The van der Waals surface area contributed by atoms with Gasteiger partial charge in [0.15, 0.2) is 0 Å². The molecule has 0 spiro atoms. The zero-order chi connectivity index (χ0) is 12.7. The van der Waals surface area contributed by atoms with E-state index < -0.39 is 0 Å². The van der Waals surface area contributed by atoms with Crippen molar-refractivity contribution in [3.05, 3.63) is 24.0 Å². The van der Waals surface area contributed by atoms with Gasteiger partial charge in [0, 0.05) is 6.21 Å². The van der Waals surface area contributed by atoms with E-state index in [0.29, 0.717) is 35.5 Å². The Balaban J connectivity index is 4.90. The van der Waals surface area contributed by atoms with Crippen LogP contribution in [0.5, 0.6) is 0 Å². The number of allylic oxidation sites excluding steroid dienone is 3. The van der Waals surface area contributed by atoms with E-state index in [1.165, 1.54) is 0 Å². The van der Waals surface area contributed by atoms with Gasteiger partial charge in [-0.25, -0.2) is 4.99 Å². The second-order valence-electron chi connectivity index (χ2n) is 4.08. The zero-order valence-electron chi connectivity index (χ0n) is 10.3. The van der Waals surface area contributed by atoms with Gasteiger partial charge in [0.1, 0.15) is 0 Å².